The van der Waals surface area contributed by atoms with Gasteiger partial charge >= 0.3 is 0 Å². The quantitative estimate of drug-likeness (QED) is 0.820. The Hall–Kier alpha value is -1.07. The lowest BCUT2D eigenvalue weighted by atomic mass is 10.2. The fourth-order valence-electron chi connectivity index (χ4n) is 2.48. The molecule has 21 heavy (non-hydrogen) atoms. The monoisotopic (exact) mass is 369 g/mol. The van der Waals surface area contributed by atoms with E-state index in [1.165, 1.54) is 0 Å². The first-order valence-corrected chi connectivity index (χ1v) is 8.45. The Kier molecular flexibility index (Phi) is 4.22. The molecule has 1 saturated carbocycles. The molecule has 0 bridgehead atoms. The van der Waals surface area contributed by atoms with Gasteiger partial charge in [0, 0.05) is 22.8 Å². The molecule has 0 aliphatic heterocycles. The molecule has 3 rings (SSSR count). The number of fused-ring (bicyclic) bond motifs is 1. The number of hydrogen-bond acceptors (Lipinski definition) is 2. The third-order valence-electron chi connectivity index (χ3n) is 3.73. The molecule has 1 fully saturated rings. The van der Waals surface area contributed by atoms with Crippen LogP contribution in [0.3, 0.4) is 0 Å². The van der Waals surface area contributed by atoms with Crippen LogP contribution in [0.2, 0.25) is 0 Å². The van der Waals surface area contributed by atoms with Crippen molar-refractivity contribution in [1.82, 2.24) is 14.9 Å². The normalized spacial score (nSPS) is 16.1. The molecule has 0 saturated heterocycles. The summed E-state index contributed by atoms with van der Waals surface area (Å²) in [6.07, 6.45) is 2.82. The van der Waals surface area contributed by atoms with E-state index >= 15 is 0 Å². The first-order valence-electron chi connectivity index (χ1n) is 7.13. The van der Waals surface area contributed by atoms with Crippen molar-refractivity contribution >= 4 is 44.5 Å². The molecule has 1 unspecified atom stereocenters. The fraction of sp³-hybridized carbons (Fsp3) is 0.467. The van der Waals surface area contributed by atoms with E-state index in [0.717, 1.165) is 34.2 Å². The number of alkyl halides is 1. The third kappa shape index (κ3) is 3.09. The molecule has 1 aromatic carbocycles. The second-order valence-electron chi connectivity index (χ2n) is 5.43. The zero-order chi connectivity index (χ0) is 15.0. The Morgan fingerprint density at radius 1 is 1.57 bits per heavy atom. The van der Waals surface area contributed by atoms with Crippen molar-refractivity contribution in [2.75, 3.05) is 5.88 Å². The molecule has 1 N–H and O–H groups in total. The van der Waals surface area contributed by atoms with Gasteiger partial charge in [0.25, 0.3) is 0 Å². The highest BCUT2D eigenvalue weighted by molar-refractivity contribution is 9.10. The number of nitrogens with one attached hydrogen (secondary N) is 1. The van der Waals surface area contributed by atoms with Gasteiger partial charge in [0.2, 0.25) is 5.91 Å². The minimum atomic E-state index is -0.282. The first-order chi connectivity index (χ1) is 10.1. The van der Waals surface area contributed by atoms with Crippen LogP contribution in [0.25, 0.3) is 11.0 Å². The Balaban J connectivity index is 2.00. The summed E-state index contributed by atoms with van der Waals surface area (Å²) in [7, 11) is 0. The predicted octanol–water partition coefficient (Wildman–Crippen LogP) is 3.42. The van der Waals surface area contributed by atoms with E-state index in [0.29, 0.717) is 18.3 Å². The van der Waals surface area contributed by atoms with E-state index in [4.69, 9.17) is 11.6 Å². The van der Waals surface area contributed by atoms with Crippen molar-refractivity contribution in [2.24, 2.45) is 0 Å². The van der Waals surface area contributed by atoms with Gasteiger partial charge in [0.15, 0.2) is 0 Å². The predicted molar refractivity (Wildman–Crippen MR) is 87.7 cm³/mol. The highest BCUT2D eigenvalue weighted by Crippen LogP contribution is 2.26. The number of amides is 1. The van der Waals surface area contributed by atoms with Crippen LogP contribution in [0.4, 0.5) is 0 Å². The molecule has 112 valence electrons. The minimum absolute atomic E-state index is 0.0514. The molecular formula is C15H17BrClN3O. The average molecular weight is 371 g/mol. The molecule has 0 radical (unpaired) electrons. The largest absolute Gasteiger partial charge is 0.352 e. The molecule has 1 amide bonds. The standard InChI is InChI=1S/C15H17BrClN3O/c1-9(15(21)18-11-3-4-11)20-13-5-2-10(16)8-12(13)19-14(20)6-7-17/h2,5,8-9,11H,3-4,6-7H2,1H3,(H,18,21). The van der Waals surface area contributed by atoms with Gasteiger partial charge < -0.3 is 9.88 Å². The van der Waals surface area contributed by atoms with E-state index in [9.17, 15) is 4.79 Å². The van der Waals surface area contributed by atoms with Gasteiger partial charge in [0.1, 0.15) is 11.9 Å². The Morgan fingerprint density at radius 3 is 3.00 bits per heavy atom. The van der Waals surface area contributed by atoms with Crippen LogP contribution in [-0.4, -0.2) is 27.4 Å². The topological polar surface area (TPSA) is 46.9 Å². The average Bonchev–Trinajstić information content (AvgIpc) is 3.18. The van der Waals surface area contributed by atoms with Crippen LogP contribution in [0, 0.1) is 0 Å². The van der Waals surface area contributed by atoms with Gasteiger partial charge in [0.05, 0.1) is 11.0 Å². The van der Waals surface area contributed by atoms with Crippen molar-refractivity contribution in [1.29, 1.82) is 0 Å². The first kappa shape index (κ1) is 14.9. The minimum Gasteiger partial charge on any atom is -0.352 e. The molecule has 1 atom stereocenters. The van der Waals surface area contributed by atoms with Crippen molar-refractivity contribution in [3.05, 3.63) is 28.5 Å². The summed E-state index contributed by atoms with van der Waals surface area (Å²) in [4.78, 5) is 17.0. The van der Waals surface area contributed by atoms with Crippen LogP contribution in [0.15, 0.2) is 22.7 Å². The second kappa shape index (κ2) is 5.97. The summed E-state index contributed by atoms with van der Waals surface area (Å²) in [5.74, 6) is 1.40. The van der Waals surface area contributed by atoms with E-state index in [2.05, 4.69) is 26.2 Å². The summed E-state index contributed by atoms with van der Waals surface area (Å²) in [5, 5.41) is 3.06. The fourth-order valence-corrected chi connectivity index (χ4v) is 3.00. The number of nitrogens with zero attached hydrogens (tertiary/aromatic N) is 2. The van der Waals surface area contributed by atoms with Crippen LogP contribution < -0.4 is 5.32 Å². The summed E-state index contributed by atoms with van der Waals surface area (Å²) >= 11 is 9.34. The number of hydrogen-bond donors (Lipinski definition) is 1. The number of carbonyl (C=O) groups is 1. The van der Waals surface area contributed by atoms with Gasteiger partial charge in [-0.25, -0.2) is 4.98 Å². The zero-order valence-electron chi connectivity index (χ0n) is 11.8. The summed E-state index contributed by atoms with van der Waals surface area (Å²) in [6, 6.07) is 6.01. The van der Waals surface area contributed by atoms with Crippen LogP contribution >= 0.6 is 27.5 Å². The number of halogens is 2. The lowest BCUT2D eigenvalue weighted by Gasteiger charge is -2.17. The van der Waals surface area contributed by atoms with Crippen LogP contribution in [0.5, 0.6) is 0 Å². The van der Waals surface area contributed by atoms with Gasteiger partial charge in [-0.15, -0.1) is 11.6 Å². The molecule has 4 nitrogen and oxygen atoms in total. The van der Waals surface area contributed by atoms with Gasteiger partial charge in [-0.2, -0.15) is 0 Å². The maximum absolute atomic E-state index is 12.4. The Morgan fingerprint density at radius 2 is 2.33 bits per heavy atom. The number of imidazole rings is 1. The van der Waals surface area contributed by atoms with Gasteiger partial charge in [-0.1, -0.05) is 15.9 Å². The van der Waals surface area contributed by atoms with Crippen molar-refractivity contribution in [2.45, 2.75) is 38.3 Å². The zero-order valence-corrected chi connectivity index (χ0v) is 14.1. The van der Waals surface area contributed by atoms with Crippen LogP contribution in [-0.2, 0) is 11.2 Å². The summed E-state index contributed by atoms with van der Waals surface area (Å²) in [6.45, 7) is 1.92. The van der Waals surface area contributed by atoms with Crippen molar-refractivity contribution in [3.63, 3.8) is 0 Å². The Bertz CT molecular complexity index is 681. The second-order valence-corrected chi connectivity index (χ2v) is 6.72. The number of carbonyl (C=O) groups excluding carboxylic acids is 1. The van der Waals surface area contributed by atoms with Crippen molar-refractivity contribution < 1.29 is 4.79 Å². The van der Waals surface area contributed by atoms with Crippen molar-refractivity contribution in [3.8, 4) is 0 Å². The highest BCUT2D eigenvalue weighted by Gasteiger charge is 2.28. The molecule has 0 spiro atoms. The third-order valence-corrected chi connectivity index (χ3v) is 4.42. The highest BCUT2D eigenvalue weighted by atomic mass is 79.9. The molecule has 6 heteroatoms. The number of aryl methyl sites for hydroxylation is 1. The van der Waals surface area contributed by atoms with E-state index in [1.807, 2.05) is 29.7 Å². The van der Waals surface area contributed by atoms with E-state index < -0.39 is 0 Å². The number of benzene rings is 1. The maximum atomic E-state index is 12.4. The summed E-state index contributed by atoms with van der Waals surface area (Å²) in [5.41, 5.74) is 1.85. The van der Waals surface area contributed by atoms with Crippen LogP contribution in [0.1, 0.15) is 31.6 Å². The maximum Gasteiger partial charge on any atom is 0.243 e. The smallest absolute Gasteiger partial charge is 0.243 e. The molecule has 1 aromatic heterocycles. The lowest BCUT2D eigenvalue weighted by Crippen LogP contribution is -2.33. The molecule has 1 aliphatic rings. The van der Waals surface area contributed by atoms with Gasteiger partial charge in [-0.05, 0) is 38.0 Å². The Labute approximate surface area is 137 Å². The SMILES string of the molecule is CC(C(=O)NC1CC1)n1c(CCCl)nc2cc(Br)ccc21. The van der Waals surface area contributed by atoms with Gasteiger partial charge in [-0.3, -0.25) is 4.79 Å². The number of aromatic nitrogens is 2. The van der Waals surface area contributed by atoms with E-state index in [-0.39, 0.29) is 11.9 Å². The summed E-state index contributed by atoms with van der Waals surface area (Å²) < 4.78 is 2.98. The molecular weight excluding hydrogens is 354 g/mol. The number of rotatable bonds is 5. The molecule has 1 aliphatic carbocycles. The molecule has 1 heterocycles. The lowest BCUT2D eigenvalue weighted by molar-refractivity contribution is -0.124. The molecule has 2 aromatic rings. The van der Waals surface area contributed by atoms with E-state index in [1.54, 1.807) is 0 Å².